The van der Waals surface area contributed by atoms with Crippen molar-refractivity contribution in [2.75, 3.05) is 19.8 Å². The zero-order chi connectivity index (χ0) is 9.19. The minimum Gasteiger partial charge on any atom is -0.394 e. The van der Waals surface area contributed by atoms with Gasteiger partial charge in [-0.2, -0.15) is 0 Å². The molecule has 1 aliphatic rings. The minimum absolute atomic E-state index is 0.0349. The van der Waals surface area contributed by atoms with Crippen LogP contribution in [0.5, 0.6) is 0 Å². The van der Waals surface area contributed by atoms with Crippen molar-refractivity contribution in [3.63, 3.8) is 0 Å². The highest BCUT2D eigenvalue weighted by Gasteiger charge is 2.39. The summed E-state index contributed by atoms with van der Waals surface area (Å²) < 4.78 is 4.94. The number of nitrogens with one attached hydrogen (secondary N) is 1. The van der Waals surface area contributed by atoms with Crippen LogP contribution >= 0.6 is 0 Å². The van der Waals surface area contributed by atoms with Crippen LogP contribution < -0.4 is 5.32 Å². The molecule has 12 heavy (non-hydrogen) atoms. The number of rotatable bonds is 3. The highest BCUT2D eigenvalue weighted by atomic mass is 16.5. The second-order valence-electron chi connectivity index (χ2n) is 3.58. The number of hydrogen-bond acceptors (Lipinski definition) is 3. The third kappa shape index (κ3) is 1.76. The first-order chi connectivity index (χ1) is 5.59. The van der Waals surface area contributed by atoms with Gasteiger partial charge in [0.15, 0.2) is 0 Å². The van der Waals surface area contributed by atoms with Gasteiger partial charge in [-0.3, -0.25) is 4.79 Å². The Balaban J connectivity index is 2.43. The summed E-state index contributed by atoms with van der Waals surface area (Å²) in [6.07, 6.45) is 0. The van der Waals surface area contributed by atoms with E-state index in [2.05, 4.69) is 5.32 Å². The molecule has 1 fully saturated rings. The summed E-state index contributed by atoms with van der Waals surface area (Å²) in [6.45, 7) is 4.43. The first-order valence-corrected chi connectivity index (χ1v) is 4.10. The monoisotopic (exact) mass is 173 g/mol. The van der Waals surface area contributed by atoms with Crippen LogP contribution in [0.4, 0.5) is 0 Å². The lowest BCUT2D eigenvalue weighted by Crippen LogP contribution is -2.65. The Morgan fingerprint density at radius 3 is 2.50 bits per heavy atom. The molecule has 0 aromatic carbocycles. The molecule has 0 aromatic rings. The van der Waals surface area contributed by atoms with E-state index in [1.165, 1.54) is 0 Å². The highest BCUT2D eigenvalue weighted by molar-refractivity contribution is 5.78. The van der Waals surface area contributed by atoms with E-state index < -0.39 is 5.54 Å². The smallest absolute Gasteiger partial charge is 0.223 e. The molecule has 0 unspecified atom stereocenters. The summed E-state index contributed by atoms with van der Waals surface area (Å²) in [4.78, 5) is 11.2. The molecule has 4 heteroatoms. The van der Waals surface area contributed by atoms with Crippen molar-refractivity contribution in [1.82, 2.24) is 5.32 Å². The Bertz CT molecular complexity index is 170. The van der Waals surface area contributed by atoms with Crippen LogP contribution in [-0.2, 0) is 9.53 Å². The van der Waals surface area contributed by atoms with Gasteiger partial charge in [-0.05, 0) is 0 Å². The number of aliphatic hydroxyl groups excluding tert-OH is 1. The van der Waals surface area contributed by atoms with Crippen LogP contribution in [0, 0.1) is 5.92 Å². The van der Waals surface area contributed by atoms with Crippen molar-refractivity contribution < 1.29 is 14.6 Å². The number of aliphatic hydroxyl groups is 1. The van der Waals surface area contributed by atoms with E-state index in [-0.39, 0.29) is 18.4 Å². The molecule has 70 valence electrons. The van der Waals surface area contributed by atoms with Gasteiger partial charge in [0.25, 0.3) is 0 Å². The Hall–Kier alpha value is -0.610. The number of ether oxygens (including phenoxy) is 1. The van der Waals surface area contributed by atoms with Gasteiger partial charge in [-0.1, -0.05) is 13.8 Å². The van der Waals surface area contributed by atoms with E-state index in [4.69, 9.17) is 9.84 Å². The van der Waals surface area contributed by atoms with Crippen LogP contribution in [0.2, 0.25) is 0 Å². The van der Waals surface area contributed by atoms with E-state index >= 15 is 0 Å². The molecule has 0 aliphatic carbocycles. The zero-order valence-corrected chi connectivity index (χ0v) is 7.46. The van der Waals surface area contributed by atoms with Gasteiger partial charge in [0.05, 0.1) is 19.8 Å². The lowest BCUT2D eigenvalue weighted by molar-refractivity contribution is -0.140. The van der Waals surface area contributed by atoms with Gasteiger partial charge < -0.3 is 15.2 Å². The molecule has 0 spiro atoms. The first kappa shape index (κ1) is 9.48. The van der Waals surface area contributed by atoms with Gasteiger partial charge in [-0.25, -0.2) is 0 Å². The summed E-state index contributed by atoms with van der Waals surface area (Å²) in [5.41, 5.74) is -0.499. The second kappa shape index (κ2) is 3.41. The van der Waals surface area contributed by atoms with Gasteiger partial charge >= 0.3 is 0 Å². The molecule has 1 saturated heterocycles. The maximum absolute atomic E-state index is 11.2. The fourth-order valence-electron chi connectivity index (χ4n) is 0.957. The quantitative estimate of drug-likeness (QED) is 0.606. The molecule has 1 heterocycles. The third-order valence-electron chi connectivity index (χ3n) is 1.97. The van der Waals surface area contributed by atoms with E-state index in [0.29, 0.717) is 13.2 Å². The summed E-state index contributed by atoms with van der Waals surface area (Å²) in [7, 11) is 0. The van der Waals surface area contributed by atoms with Crippen LogP contribution in [0.25, 0.3) is 0 Å². The number of hydrogen-bond donors (Lipinski definition) is 2. The van der Waals surface area contributed by atoms with Crippen LogP contribution in [0.1, 0.15) is 13.8 Å². The molecule has 2 N–H and O–H groups in total. The first-order valence-electron chi connectivity index (χ1n) is 4.10. The van der Waals surface area contributed by atoms with E-state index in [0.717, 1.165) is 0 Å². The normalized spacial score (nSPS) is 20.3. The number of amides is 1. The molecule has 1 rings (SSSR count). The SMILES string of the molecule is CC(C)C(=O)NC1(CO)COC1. The van der Waals surface area contributed by atoms with Crippen molar-refractivity contribution in [3.8, 4) is 0 Å². The molecule has 0 atom stereocenters. The van der Waals surface area contributed by atoms with Crippen molar-refractivity contribution in [3.05, 3.63) is 0 Å². The van der Waals surface area contributed by atoms with Crippen molar-refractivity contribution in [2.24, 2.45) is 5.92 Å². The lowest BCUT2D eigenvalue weighted by Gasteiger charge is -2.40. The lowest BCUT2D eigenvalue weighted by atomic mass is 9.98. The Morgan fingerprint density at radius 2 is 2.25 bits per heavy atom. The van der Waals surface area contributed by atoms with E-state index in [1.807, 2.05) is 13.8 Å². The van der Waals surface area contributed by atoms with Crippen molar-refractivity contribution >= 4 is 5.91 Å². The zero-order valence-electron chi connectivity index (χ0n) is 7.46. The molecule has 0 aromatic heterocycles. The topological polar surface area (TPSA) is 58.6 Å². The maximum atomic E-state index is 11.2. The van der Waals surface area contributed by atoms with Gasteiger partial charge in [0.1, 0.15) is 5.54 Å². The van der Waals surface area contributed by atoms with Gasteiger partial charge in [0.2, 0.25) is 5.91 Å². The fourth-order valence-corrected chi connectivity index (χ4v) is 0.957. The van der Waals surface area contributed by atoms with Crippen LogP contribution in [0.15, 0.2) is 0 Å². The predicted molar refractivity (Wildman–Crippen MR) is 43.6 cm³/mol. The minimum atomic E-state index is -0.499. The molecule has 4 nitrogen and oxygen atoms in total. The molecule has 1 aliphatic heterocycles. The summed E-state index contributed by atoms with van der Waals surface area (Å²) >= 11 is 0. The molecule has 1 amide bonds. The van der Waals surface area contributed by atoms with Gasteiger partial charge in [0, 0.05) is 5.92 Å². The molecular formula is C8H15NO3. The van der Waals surface area contributed by atoms with Crippen molar-refractivity contribution in [2.45, 2.75) is 19.4 Å². The Labute approximate surface area is 71.9 Å². The molecule has 0 bridgehead atoms. The van der Waals surface area contributed by atoms with Gasteiger partial charge in [-0.15, -0.1) is 0 Å². The van der Waals surface area contributed by atoms with Crippen molar-refractivity contribution in [1.29, 1.82) is 0 Å². The standard InChI is InChI=1S/C8H15NO3/c1-6(2)7(11)9-8(3-10)4-12-5-8/h6,10H,3-5H2,1-2H3,(H,9,11). The molecule has 0 saturated carbocycles. The van der Waals surface area contributed by atoms with E-state index in [1.54, 1.807) is 0 Å². The second-order valence-corrected chi connectivity index (χ2v) is 3.58. The summed E-state index contributed by atoms with van der Waals surface area (Å²) in [6, 6.07) is 0. The average Bonchev–Trinajstić information content (AvgIpc) is 1.96. The number of carbonyl (C=O) groups is 1. The third-order valence-corrected chi connectivity index (χ3v) is 1.97. The molecular weight excluding hydrogens is 158 g/mol. The Morgan fingerprint density at radius 1 is 1.67 bits per heavy atom. The van der Waals surface area contributed by atoms with Crippen LogP contribution in [0.3, 0.4) is 0 Å². The maximum Gasteiger partial charge on any atom is 0.223 e. The largest absolute Gasteiger partial charge is 0.394 e. The number of carbonyl (C=O) groups excluding carboxylic acids is 1. The van der Waals surface area contributed by atoms with Crippen LogP contribution in [-0.4, -0.2) is 36.4 Å². The summed E-state index contributed by atoms with van der Waals surface area (Å²) in [5, 5.41) is 11.7. The Kier molecular flexibility index (Phi) is 2.69. The predicted octanol–water partition coefficient (Wildman–Crippen LogP) is -0.480. The molecule has 0 radical (unpaired) electrons. The summed E-state index contributed by atoms with van der Waals surface area (Å²) in [5.74, 6) is -0.0821. The highest BCUT2D eigenvalue weighted by Crippen LogP contribution is 2.16. The average molecular weight is 173 g/mol. The van der Waals surface area contributed by atoms with E-state index in [9.17, 15) is 4.79 Å². The fraction of sp³-hybridized carbons (Fsp3) is 0.875.